The van der Waals surface area contributed by atoms with Crippen LogP contribution in [-0.2, 0) is 0 Å². The topological polar surface area (TPSA) is 60.7 Å². The Bertz CT molecular complexity index is 143. The lowest BCUT2D eigenvalue weighted by atomic mass is 9.98. The Balaban J connectivity index is 2.10. The van der Waals surface area contributed by atoms with Crippen molar-refractivity contribution < 1.29 is 15.3 Å². The zero-order chi connectivity index (χ0) is 8.01. The maximum absolute atomic E-state index is 9.42. The summed E-state index contributed by atoms with van der Waals surface area (Å²) >= 11 is 0. The maximum atomic E-state index is 9.42. The molecule has 0 bridgehead atoms. The second-order valence-corrected chi connectivity index (χ2v) is 3.82. The van der Waals surface area contributed by atoms with E-state index in [1.807, 2.05) is 0 Å². The summed E-state index contributed by atoms with van der Waals surface area (Å²) in [5, 5.41) is 28.1. The first kappa shape index (κ1) is 7.53. The van der Waals surface area contributed by atoms with E-state index in [0.29, 0.717) is 19.3 Å². The lowest BCUT2D eigenvalue weighted by Crippen LogP contribution is -2.15. The Morgan fingerprint density at radius 2 is 1.18 bits per heavy atom. The standard InChI is InChI=1S/C8H14O3/c9-4-1-5-6(2-4)8(11)3-7(5)10/h4-11H,1-3H2. The van der Waals surface area contributed by atoms with Gasteiger partial charge in [0.1, 0.15) is 0 Å². The van der Waals surface area contributed by atoms with Crippen molar-refractivity contribution in [2.24, 2.45) is 11.8 Å². The molecule has 64 valence electrons. The summed E-state index contributed by atoms with van der Waals surface area (Å²) in [6.45, 7) is 0. The van der Waals surface area contributed by atoms with Crippen molar-refractivity contribution >= 4 is 0 Å². The Hall–Kier alpha value is -0.120. The highest BCUT2D eigenvalue weighted by atomic mass is 16.3. The van der Waals surface area contributed by atoms with Gasteiger partial charge in [0, 0.05) is 0 Å². The van der Waals surface area contributed by atoms with Crippen LogP contribution < -0.4 is 0 Å². The predicted octanol–water partition coefficient (Wildman–Crippen LogP) is -0.501. The van der Waals surface area contributed by atoms with Crippen LogP contribution in [0, 0.1) is 11.8 Å². The van der Waals surface area contributed by atoms with E-state index in [0.717, 1.165) is 0 Å². The number of aliphatic hydroxyl groups is 3. The molecule has 0 heterocycles. The van der Waals surface area contributed by atoms with Crippen LogP contribution in [-0.4, -0.2) is 33.6 Å². The Morgan fingerprint density at radius 3 is 1.64 bits per heavy atom. The molecule has 0 radical (unpaired) electrons. The second kappa shape index (κ2) is 2.44. The number of aliphatic hydroxyl groups excluding tert-OH is 3. The molecular weight excluding hydrogens is 144 g/mol. The molecule has 0 aromatic heterocycles. The first-order chi connectivity index (χ1) is 5.18. The summed E-state index contributed by atoms with van der Waals surface area (Å²) in [5.74, 6) is 0.306. The third-order valence-corrected chi connectivity index (χ3v) is 3.11. The van der Waals surface area contributed by atoms with Gasteiger partial charge in [-0.25, -0.2) is 0 Å². The molecule has 3 nitrogen and oxygen atoms in total. The Morgan fingerprint density at radius 1 is 0.727 bits per heavy atom. The van der Waals surface area contributed by atoms with E-state index in [-0.39, 0.29) is 30.1 Å². The minimum atomic E-state index is -0.382. The predicted molar refractivity (Wildman–Crippen MR) is 38.9 cm³/mol. The molecule has 0 aromatic rings. The monoisotopic (exact) mass is 158 g/mol. The van der Waals surface area contributed by atoms with Gasteiger partial charge in [-0.2, -0.15) is 0 Å². The zero-order valence-electron chi connectivity index (χ0n) is 6.35. The third kappa shape index (κ3) is 1.08. The van der Waals surface area contributed by atoms with Gasteiger partial charge in [0.05, 0.1) is 18.3 Å². The molecule has 0 saturated heterocycles. The Kier molecular flexibility index (Phi) is 1.67. The molecule has 2 saturated carbocycles. The van der Waals surface area contributed by atoms with E-state index in [9.17, 15) is 15.3 Å². The molecular formula is C8H14O3. The smallest absolute Gasteiger partial charge is 0.0597 e. The van der Waals surface area contributed by atoms with E-state index in [2.05, 4.69) is 0 Å². The van der Waals surface area contributed by atoms with Gasteiger partial charge >= 0.3 is 0 Å². The van der Waals surface area contributed by atoms with Crippen molar-refractivity contribution in [2.45, 2.75) is 37.6 Å². The number of hydrogen-bond donors (Lipinski definition) is 3. The van der Waals surface area contributed by atoms with Gasteiger partial charge < -0.3 is 15.3 Å². The summed E-state index contributed by atoms with van der Waals surface area (Å²) in [6.07, 6.45) is 0.780. The fourth-order valence-electron chi connectivity index (χ4n) is 2.56. The van der Waals surface area contributed by atoms with Gasteiger partial charge in [-0.3, -0.25) is 0 Å². The van der Waals surface area contributed by atoms with Crippen LogP contribution in [0.1, 0.15) is 19.3 Å². The second-order valence-electron chi connectivity index (χ2n) is 3.82. The SMILES string of the molecule is OC1CC2C(O)CC(O)C2C1. The summed E-state index contributed by atoms with van der Waals surface area (Å²) in [7, 11) is 0. The molecule has 0 spiro atoms. The summed E-state index contributed by atoms with van der Waals surface area (Å²) in [6, 6.07) is 0. The minimum Gasteiger partial charge on any atom is -0.393 e. The average molecular weight is 158 g/mol. The van der Waals surface area contributed by atoms with Crippen LogP contribution in [0.4, 0.5) is 0 Å². The lowest BCUT2D eigenvalue weighted by molar-refractivity contribution is 0.0880. The summed E-state index contributed by atoms with van der Waals surface area (Å²) in [4.78, 5) is 0. The minimum absolute atomic E-state index is 0.153. The molecule has 4 unspecified atom stereocenters. The van der Waals surface area contributed by atoms with E-state index in [1.54, 1.807) is 0 Å². The molecule has 2 rings (SSSR count). The fourth-order valence-corrected chi connectivity index (χ4v) is 2.56. The van der Waals surface area contributed by atoms with Crippen molar-refractivity contribution in [3.63, 3.8) is 0 Å². The van der Waals surface area contributed by atoms with Crippen molar-refractivity contribution in [2.75, 3.05) is 0 Å². The molecule has 0 amide bonds. The quantitative estimate of drug-likeness (QED) is 0.445. The molecule has 4 atom stereocenters. The van der Waals surface area contributed by atoms with Crippen LogP contribution in [0.3, 0.4) is 0 Å². The Labute approximate surface area is 65.7 Å². The van der Waals surface area contributed by atoms with Gasteiger partial charge in [0.15, 0.2) is 0 Å². The normalized spacial score (nSPS) is 56.5. The van der Waals surface area contributed by atoms with Gasteiger partial charge in [0.25, 0.3) is 0 Å². The lowest BCUT2D eigenvalue weighted by Gasteiger charge is -2.11. The fraction of sp³-hybridized carbons (Fsp3) is 1.00. The van der Waals surface area contributed by atoms with E-state index in [4.69, 9.17) is 0 Å². The van der Waals surface area contributed by atoms with E-state index >= 15 is 0 Å². The average Bonchev–Trinajstić information content (AvgIpc) is 2.38. The van der Waals surface area contributed by atoms with Crippen molar-refractivity contribution in [1.82, 2.24) is 0 Å². The van der Waals surface area contributed by atoms with E-state index < -0.39 is 0 Å². The third-order valence-electron chi connectivity index (χ3n) is 3.11. The number of fused-ring (bicyclic) bond motifs is 1. The summed E-state index contributed by atoms with van der Waals surface area (Å²) < 4.78 is 0. The highest BCUT2D eigenvalue weighted by molar-refractivity contribution is 4.97. The van der Waals surface area contributed by atoms with E-state index in [1.165, 1.54) is 0 Å². The van der Waals surface area contributed by atoms with Crippen LogP contribution >= 0.6 is 0 Å². The largest absolute Gasteiger partial charge is 0.393 e. The van der Waals surface area contributed by atoms with Crippen LogP contribution in [0.15, 0.2) is 0 Å². The molecule has 3 heteroatoms. The number of hydrogen-bond acceptors (Lipinski definition) is 3. The van der Waals surface area contributed by atoms with Gasteiger partial charge in [-0.15, -0.1) is 0 Å². The molecule has 0 aliphatic heterocycles. The highest BCUT2D eigenvalue weighted by Crippen LogP contribution is 2.44. The van der Waals surface area contributed by atoms with Crippen molar-refractivity contribution in [1.29, 1.82) is 0 Å². The highest BCUT2D eigenvalue weighted by Gasteiger charge is 2.47. The summed E-state index contributed by atoms with van der Waals surface area (Å²) in [5.41, 5.74) is 0. The van der Waals surface area contributed by atoms with Crippen molar-refractivity contribution in [3.05, 3.63) is 0 Å². The number of rotatable bonds is 0. The maximum Gasteiger partial charge on any atom is 0.0597 e. The van der Waals surface area contributed by atoms with Gasteiger partial charge in [-0.1, -0.05) is 0 Å². The molecule has 2 fully saturated rings. The van der Waals surface area contributed by atoms with Gasteiger partial charge in [0.2, 0.25) is 0 Å². The van der Waals surface area contributed by atoms with Gasteiger partial charge in [-0.05, 0) is 31.1 Å². The van der Waals surface area contributed by atoms with Crippen LogP contribution in [0.2, 0.25) is 0 Å². The molecule has 2 aliphatic carbocycles. The first-order valence-corrected chi connectivity index (χ1v) is 4.22. The molecule has 0 aromatic carbocycles. The van der Waals surface area contributed by atoms with Crippen LogP contribution in [0.25, 0.3) is 0 Å². The molecule has 2 aliphatic rings. The first-order valence-electron chi connectivity index (χ1n) is 4.22. The van der Waals surface area contributed by atoms with Crippen LogP contribution in [0.5, 0.6) is 0 Å². The zero-order valence-corrected chi connectivity index (χ0v) is 6.35. The molecule has 11 heavy (non-hydrogen) atoms. The molecule has 3 N–H and O–H groups in total. The van der Waals surface area contributed by atoms with Crippen molar-refractivity contribution in [3.8, 4) is 0 Å².